The quantitative estimate of drug-likeness (QED) is 0.331. The second-order valence-electron chi connectivity index (χ2n) is 7.23. The number of fused-ring (bicyclic) bond motifs is 1. The van der Waals surface area contributed by atoms with Crippen LogP contribution in [0.4, 0.5) is 16.4 Å². The first kappa shape index (κ1) is 20.5. The number of carbonyl (C=O) groups is 1. The molecule has 0 bridgehead atoms. The van der Waals surface area contributed by atoms with E-state index < -0.39 is 4.92 Å². The van der Waals surface area contributed by atoms with Crippen LogP contribution in [-0.2, 0) is 17.6 Å². The lowest BCUT2D eigenvalue weighted by Crippen LogP contribution is -2.50. The number of esters is 1. The Hall–Kier alpha value is -2.72. The maximum Gasteiger partial charge on any atom is 0.341 e. The third-order valence-corrected chi connectivity index (χ3v) is 7.09. The Morgan fingerprint density at radius 1 is 1.20 bits per heavy atom. The summed E-state index contributed by atoms with van der Waals surface area (Å²) in [4.78, 5) is 28.3. The van der Waals surface area contributed by atoms with E-state index in [0.717, 1.165) is 61.7 Å². The van der Waals surface area contributed by atoms with Gasteiger partial charge in [0.15, 0.2) is 5.11 Å². The van der Waals surface area contributed by atoms with Crippen molar-refractivity contribution in [3.63, 3.8) is 0 Å². The number of nitrogens with zero attached hydrogens (tertiary/aromatic N) is 3. The van der Waals surface area contributed by atoms with E-state index in [1.165, 1.54) is 24.1 Å². The Balaban J connectivity index is 1.39. The normalized spacial score (nSPS) is 15.6. The van der Waals surface area contributed by atoms with Crippen LogP contribution in [0.15, 0.2) is 24.3 Å². The molecule has 0 radical (unpaired) electrons. The number of hydrogen-bond donors (Lipinski definition) is 1. The van der Waals surface area contributed by atoms with Crippen LogP contribution in [0.25, 0.3) is 0 Å². The summed E-state index contributed by atoms with van der Waals surface area (Å²) in [7, 11) is 1.40. The van der Waals surface area contributed by atoms with Gasteiger partial charge < -0.3 is 19.9 Å². The number of thiophene rings is 1. The van der Waals surface area contributed by atoms with Crippen molar-refractivity contribution < 1.29 is 14.5 Å². The second kappa shape index (κ2) is 8.57. The highest BCUT2D eigenvalue weighted by molar-refractivity contribution is 7.80. The van der Waals surface area contributed by atoms with Crippen molar-refractivity contribution in [3.8, 4) is 0 Å². The number of nitro groups is 1. The Morgan fingerprint density at radius 3 is 2.53 bits per heavy atom. The lowest BCUT2D eigenvalue weighted by atomic mass is 10.1. The average molecular weight is 447 g/mol. The summed E-state index contributed by atoms with van der Waals surface area (Å²) >= 11 is 7.22. The van der Waals surface area contributed by atoms with Crippen LogP contribution >= 0.6 is 23.6 Å². The molecule has 1 aliphatic carbocycles. The highest BCUT2D eigenvalue weighted by Crippen LogP contribution is 2.39. The predicted octanol–water partition coefficient (Wildman–Crippen LogP) is 3.45. The zero-order chi connectivity index (χ0) is 21.3. The molecule has 2 aliphatic rings. The fourth-order valence-electron chi connectivity index (χ4n) is 3.94. The van der Waals surface area contributed by atoms with Gasteiger partial charge in [-0.2, -0.15) is 0 Å². The van der Waals surface area contributed by atoms with Crippen molar-refractivity contribution in [1.82, 2.24) is 4.90 Å². The summed E-state index contributed by atoms with van der Waals surface area (Å²) in [5, 5.41) is 15.5. The molecule has 2 heterocycles. The van der Waals surface area contributed by atoms with Gasteiger partial charge in [-0.05, 0) is 49.2 Å². The first-order valence-electron chi connectivity index (χ1n) is 9.76. The Labute approximate surface area is 183 Å². The standard InChI is InChI=1S/C20H22N4O4S2/c1-28-19(25)17-15-3-2-4-16(15)30-18(17)21-20(29)23-11-9-22(10-12-23)13-5-7-14(8-6-13)24(26)27/h5-8H,2-4,9-12H2,1H3,(H,21,29). The molecule has 4 rings (SSSR count). The number of nitro benzene ring substituents is 1. The van der Waals surface area contributed by atoms with Crippen LogP contribution in [0.2, 0.25) is 0 Å². The number of piperazine rings is 1. The van der Waals surface area contributed by atoms with E-state index in [1.54, 1.807) is 23.5 Å². The van der Waals surface area contributed by atoms with E-state index in [1.807, 2.05) is 0 Å². The van der Waals surface area contributed by atoms with Crippen molar-refractivity contribution in [2.45, 2.75) is 19.3 Å². The van der Waals surface area contributed by atoms with E-state index in [2.05, 4.69) is 15.1 Å². The zero-order valence-corrected chi connectivity index (χ0v) is 18.2. The van der Waals surface area contributed by atoms with Gasteiger partial charge in [-0.15, -0.1) is 11.3 Å². The van der Waals surface area contributed by atoms with Gasteiger partial charge in [0, 0.05) is 48.9 Å². The van der Waals surface area contributed by atoms with Crippen LogP contribution in [0.3, 0.4) is 0 Å². The SMILES string of the molecule is COC(=O)c1c(NC(=S)N2CCN(c3ccc([N+](=O)[O-])cc3)CC2)sc2c1CCC2. The topological polar surface area (TPSA) is 88.0 Å². The van der Waals surface area contributed by atoms with Crippen LogP contribution in [0, 0.1) is 10.1 Å². The van der Waals surface area contributed by atoms with Gasteiger partial charge in [-0.25, -0.2) is 4.79 Å². The maximum atomic E-state index is 12.3. The summed E-state index contributed by atoms with van der Waals surface area (Å²) in [6.45, 7) is 2.96. The number of nitrogens with one attached hydrogen (secondary N) is 1. The molecular weight excluding hydrogens is 424 g/mol. The molecule has 0 saturated carbocycles. The predicted molar refractivity (Wildman–Crippen MR) is 121 cm³/mol. The summed E-state index contributed by atoms with van der Waals surface area (Å²) in [5.74, 6) is -0.317. The molecule has 1 N–H and O–H groups in total. The van der Waals surface area contributed by atoms with E-state index in [0.29, 0.717) is 10.7 Å². The number of hydrogen-bond acceptors (Lipinski definition) is 7. The number of thiocarbonyl (C=S) groups is 1. The molecule has 158 valence electrons. The minimum absolute atomic E-state index is 0.0898. The smallest absolute Gasteiger partial charge is 0.341 e. The van der Waals surface area contributed by atoms with Gasteiger partial charge >= 0.3 is 5.97 Å². The van der Waals surface area contributed by atoms with Crippen molar-refractivity contribution in [2.24, 2.45) is 0 Å². The van der Waals surface area contributed by atoms with Gasteiger partial charge in [0.1, 0.15) is 5.00 Å². The van der Waals surface area contributed by atoms with Crippen LogP contribution in [0.1, 0.15) is 27.2 Å². The van der Waals surface area contributed by atoms with Crippen LogP contribution in [0.5, 0.6) is 0 Å². The highest BCUT2D eigenvalue weighted by atomic mass is 32.1. The largest absolute Gasteiger partial charge is 0.465 e. The molecule has 1 fully saturated rings. The average Bonchev–Trinajstić information content (AvgIpc) is 3.34. The van der Waals surface area contributed by atoms with E-state index in [4.69, 9.17) is 17.0 Å². The molecule has 30 heavy (non-hydrogen) atoms. The summed E-state index contributed by atoms with van der Waals surface area (Å²) in [6.07, 6.45) is 2.96. The molecule has 1 aromatic carbocycles. The number of benzene rings is 1. The van der Waals surface area contributed by atoms with Crippen molar-refractivity contribution in [3.05, 3.63) is 50.4 Å². The molecular formula is C20H22N4O4S2. The number of ether oxygens (including phenoxy) is 1. The molecule has 2 aromatic rings. The first-order valence-corrected chi connectivity index (χ1v) is 11.0. The molecule has 0 amide bonds. The van der Waals surface area contributed by atoms with Crippen LogP contribution < -0.4 is 10.2 Å². The molecule has 1 saturated heterocycles. The fourth-order valence-corrected chi connectivity index (χ4v) is 5.57. The lowest BCUT2D eigenvalue weighted by Gasteiger charge is -2.37. The number of carbonyl (C=O) groups excluding carboxylic acids is 1. The highest BCUT2D eigenvalue weighted by Gasteiger charge is 2.28. The van der Waals surface area contributed by atoms with Crippen molar-refractivity contribution >= 4 is 51.0 Å². The summed E-state index contributed by atoms with van der Waals surface area (Å²) in [6, 6.07) is 6.61. The molecule has 0 atom stereocenters. The maximum absolute atomic E-state index is 12.3. The number of non-ortho nitro benzene ring substituents is 1. The Kier molecular flexibility index (Phi) is 5.87. The van der Waals surface area contributed by atoms with Gasteiger partial charge in [0.05, 0.1) is 17.6 Å². The van der Waals surface area contributed by atoms with Gasteiger partial charge in [0.25, 0.3) is 5.69 Å². The first-order chi connectivity index (χ1) is 14.5. The summed E-state index contributed by atoms with van der Waals surface area (Å²) in [5.41, 5.74) is 2.77. The molecule has 1 aliphatic heterocycles. The Morgan fingerprint density at radius 2 is 1.90 bits per heavy atom. The molecule has 0 unspecified atom stereocenters. The van der Waals surface area contributed by atoms with E-state index in [-0.39, 0.29) is 11.7 Å². The van der Waals surface area contributed by atoms with Gasteiger partial charge in [-0.1, -0.05) is 0 Å². The number of methoxy groups -OCH3 is 1. The summed E-state index contributed by atoms with van der Waals surface area (Å²) < 4.78 is 5.00. The van der Waals surface area contributed by atoms with Crippen LogP contribution in [-0.4, -0.2) is 54.2 Å². The monoisotopic (exact) mass is 446 g/mol. The third kappa shape index (κ3) is 3.97. The van der Waals surface area contributed by atoms with Gasteiger partial charge in [-0.3, -0.25) is 10.1 Å². The number of anilines is 2. The lowest BCUT2D eigenvalue weighted by molar-refractivity contribution is -0.384. The third-order valence-electron chi connectivity index (χ3n) is 5.52. The molecule has 1 aromatic heterocycles. The minimum atomic E-state index is -0.394. The van der Waals surface area contributed by atoms with E-state index in [9.17, 15) is 14.9 Å². The molecule has 0 spiro atoms. The molecule has 8 nitrogen and oxygen atoms in total. The van der Waals surface area contributed by atoms with Crippen molar-refractivity contribution in [2.75, 3.05) is 43.5 Å². The van der Waals surface area contributed by atoms with E-state index >= 15 is 0 Å². The van der Waals surface area contributed by atoms with Crippen molar-refractivity contribution in [1.29, 1.82) is 0 Å². The van der Waals surface area contributed by atoms with Gasteiger partial charge in [0.2, 0.25) is 0 Å². The zero-order valence-electron chi connectivity index (χ0n) is 16.6. The minimum Gasteiger partial charge on any atom is -0.465 e. The molecule has 10 heteroatoms. The number of aryl methyl sites for hydroxylation is 1. The second-order valence-corrected chi connectivity index (χ2v) is 8.72. The fraction of sp³-hybridized carbons (Fsp3) is 0.400. The number of rotatable bonds is 4. The Bertz CT molecular complexity index is 981.